The van der Waals surface area contributed by atoms with E-state index in [-0.39, 0.29) is 24.8 Å². The van der Waals surface area contributed by atoms with Crippen LogP contribution in [0.2, 0.25) is 0 Å². The smallest absolute Gasteiger partial charge is 0.109 e. The molecule has 0 aliphatic heterocycles. The van der Waals surface area contributed by atoms with Crippen molar-refractivity contribution in [3.05, 3.63) is 113 Å². The molecule has 44 heavy (non-hydrogen) atoms. The van der Waals surface area contributed by atoms with Crippen LogP contribution in [0, 0.1) is 20.8 Å². The Hall–Kier alpha value is -4.92. The summed E-state index contributed by atoms with van der Waals surface area (Å²) in [5.74, 6) is 0. The fraction of sp³-hybridized carbons (Fsp3) is 0.118. The highest BCUT2D eigenvalue weighted by molar-refractivity contribution is 5.94. The van der Waals surface area contributed by atoms with E-state index < -0.39 is 0 Å². The van der Waals surface area contributed by atoms with Gasteiger partial charge in [0.05, 0.1) is 22.7 Å². The lowest BCUT2D eigenvalue weighted by atomic mass is 9.93. The zero-order valence-electron chi connectivity index (χ0n) is 24.8. The highest BCUT2D eigenvalue weighted by Gasteiger charge is 2.07. The third-order valence-corrected chi connectivity index (χ3v) is 7.22. The van der Waals surface area contributed by atoms with Crippen LogP contribution in [0.15, 0.2) is 105 Å². The number of hydrogen-bond donors (Lipinski definition) is 4. The summed E-state index contributed by atoms with van der Waals surface area (Å²) < 4.78 is 0. The molecule has 1 aliphatic rings. The Labute approximate surface area is 269 Å². The third kappa shape index (κ3) is 7.53. The number of nitrogens with zero attached hydrogens (tertiary/aromatic N) is 4. The molecule has 5 aromatic rings. The zero-order chi connectivity index (χ0) is 29.8. The van der Waals surface area contributed by atoms with Crippen molar-refractivity contribution in [2.45, 2.75) is 27.2 Å². The predicted molar refractivity (Wildman–Crippen MR) is 191 cm³/mol. The number of aryl methyl sites for hydroxylation is 3. The van der Waals surface area contributed by atoms with Crippen LogP contribution >= 0.6 is 24.8 Å². The summed E-state index contributed by atoms with van der Waals surface area (Å²) in [4.78, 5) is 0. The van der Waals surface area contributed by atoms with E-state index in [1.54, 1.807) is 30.3 Å². The van der Waals surface area contributed by atoms with Crippen molar-refractivity contribution >= 4 is 87.2 Å². The van der Waals surface area contributed by atoms with Gasteiger partial charge in [-0.25, -0.2) is 0 Å². The number of azo groups is 2. The van der Waals surface area contributed by atoms with E-state index in [9.17, 15) is 0 Å². The molecule has 8 N–H and O–H groups in total. The fourth-order valence-corrected chi connectivity index (χ4v) is 4.69. The van der Waals surface area contributed by atoms with Gasteiger partial charge in [0.2, 0.25) is 0 Å². The van der Waals surface area contributed by atoms with Gasteiger partial charge in [0.15, 0.2) is 0 Å². The molecular formula is C34H36Cl2N8. The van der Waals surface area contributed by atoms with Crippen molar-refractivity contribution < 1.29 is 0 Å². The average Bonchev–Trinajstić information content (AvgIpc) is 2.97. The molecule has 8 nitrogen and oxygen atoms in total. The summed E-state index contributed by atoms with van der Waals surface area (Å²) in [6.07, 6.45) is 5.53. The molecule has 6 rings (SSSR count). The zero-order valence-corrected chi connectivity index (χ0v) is 26.4. The summed E-state index contributed by atoms with van der Waals surface area (Å²) >= 11 is 0. The van der Waals surface area contributed by atoms with Gasteiger partial charge in [-0.1, -0.05) is 54.6 Å². The first kappa shape index (κ1) is 33.6. The Morgan fingerprint density at radius 1 is 0.545 bits per heavy atom. The number of nitrogen functional groups attached to an aromatic ring is 4. The van der Waals surface area contributed by atoms with E-state index in [2.05, 4.69) is 69.0 Å². The van der Waals surface area contributed by atoms with Gasteiger partial charge in [0.1, 0.15) is 11.4 Å². The molecule has 0 atom stereocenters. The van der Waals surface area contributed by atoms with Gasteiger partial charge < -0.3 is 22.9 Å². The maximum atomic E-state index is 5.98. The number of anilines is 4. The molecule has 0 saturated heterocycles. The van der Waals surface area contributed by atoms with Gasteiger partial charge in [0.25, 0.3) is 0 Å². The molecule has 0 bridgehead atoms. The Bertz CT molecular complexity index is 1890. The van der Waals surface area contributed by atoms with Crippen molar-refractivity contribution in [3.63, 3.8) is 0 Å². The highest BCUT2D eigenvalue weighted by atomic mass is 35.5. The van der Waals surface area contributed by atoms with Crippen LogP contribution in [0.25, 0.3) is 16.8 Å². The van der Waals surface area contributed by atoms with Gasteiger partial charge in [-0.3, -0.25) is 0 Å². The summed E-state index contributed by atoms with van der Waals surface area (Å²) in [6.45, 7) is 5.72. The van der Waals surface area contributed by atoms with Crippen LogP contribution in [0.1, 0.15) is 27.8 Å². The molecule has 0 saturated carbocycles. The van der Waals surface area contributed by atoms with Crippen LogP contribution in [-0.4, -0.2) is 0 Å². The second kappa shape index (κ2) is 14.5. The second-order valence-electron chi connectivity index (χ2n) is 10.4. The Morgan fingerprint density at radius 2 is 1.11 bits per heavy atom. The Balaban J connectivity index is 0.000000293. The minimum atomic E-state index is 0. The summed E-state index contributed by atoms with van der Waals surface area (Å²) in [5.41, 5.74) is 33.8. The molecule has 0 aromatic heterocycles. The highest BCUT2D eigenvalue weighted by Crippen LogP contribution is 2.33. The first-order valence-corrected chi connectivity index (χ1v) is 13.6. The fourth-order valence-electron chi connectivity index (χ4n) is 4.69. The molecule has 5 aromatic carbocycles. The Kier molecular flexibility index (Phi) is 11.1. The standard InChI is InChI=1S/C21H24N8.C13H10.2ClH/c1-11-4-5-14(26-28-20-6-12(2)15(22)9-17(20)24)8-19(11)27-29-21-7-13(3)16(23)10-18(21)25;1-4-10-6-2-8-12-9-3-7-11(5-1)13(10)12;;/h4-10H,22-25H2,1-3H3;1-8H,9H2;2*1H/b28-26+,29-27+;;;. The monoisotopic (exact) mass is 626 g/mol. The minimum Gasteiger partial charge on any atom is -0.398 e. The van der Waals surface area contributed by atoms with Crippen molar-refractivity contribution in [2.75, 3.05) is 22.9 Å². The van der Waals surface area contributed by atoms with Crippen LogP contribution < -0.4 is 22.9 Å². The van der Waals surface area contributed by atoms with Gasteiger partial charge in [0, 0.05) is 11.4 Å². The summed E-state index contributed by atoms with van der Waals surface area (Å²) in [7, 11) is 0. The Morgan fingerprint density at radius 3 is 1.75 bits per heavy atom. The molecule has 0 heterocycles. The van der Waals surface area contributed by atoms with E-state index in [4.69, 9.17) is 22.9 Å². The van der Waals surface area contributed by atoms with E-state index in [1.165, 1.54) is 21.9 Å². The van der Waals surface area contributed by atoms with Crippen LogP contribution in [0.5, 0.6) is 0 Å². The van der Waals surface area contributed by atoms with Crippen molar-refractivity contribution in [3.8, 4) is 0 Å². The molecule has 0 amide bonds. The van der Waals surface area contributed by atoms with Crippen molar-refractivity contribution in [1.82, 2.24) is 0 Å². The van der Waals surface area contributed by atoms with E-state index in [0.29, 0.717) is 45.5 Å². The maximum Gasteiger partial charge on any atom is 0.109 e. The van der Waals surface area contributed by atoms with Crippen LogP contribution in [0.4, 0.5) is 45.5 Å². The second-order valence-corrected chi connectivity index (χ2v) is 10.4. The van der Waals surface area contributed by atoms with E-state index in [1.807, 2.05) is 32.9 Å². The predicted octanol–water partition coefficient (Wildman–Crippen LogP) is 10.0. The van der Waals surface area contributed by atoms with Gasteiger partial charge >= 0.3 is 0 Å². The van der Waals surface area contributed by atoms with Crippen molar-refractivity contribution in [2.24, 2.45) is 20.5 Å². The first-order chi connectivity index (χ1) is 20.2. The lowest BCUT2D eigenvalue weighted by molar-refractivity contribution is 1.18. The number of nitrogens with two attached hydrogens (primary N) is 4. The molecule has 1 aliphatic carbocycles. The lowest BCUT2D eigenvalue weighted by Crippen LogP contribution is -1.93. The number of benzene rings is 5. The quantitative estimate of drug-likeness (QED) is 0.116. The summed E-state index contributed by atoms with van der Waals surface area (Å²) in [5, 5.41) is 19.9. The number of halogens is 2. The SMILES string of the molecule is C1=Cc2cccc3cccc(c23)C1.Cc1cc(/N=N/c2ccc(C)c(/N=N/c3cc(C)c(N)cc3N)c2)c(N)cc1N.Cl.Cl. The normalized spacial score (nSPS) is 11.6. The minimum absolute atomic E-state index is 0. The average molecular weight is 628 g/mol. The van der Waals surface area contributed by atoms with Gasteiger partial charge in [-0.15, -0.1) is 35.0 Å². The molecule has 10 heteroatoms. The lowest BCUT2D eigenvalue weighted by Gasteiger charge is -2.11. The van der Waals surface area contributed by atoms with E-state index >= 15 is 0 Å². The molecule has 0 radical (unpaired) electrons. The molecule has 0 fully saturated rings. The number of rotatable bonds is 4. The molecule has 0 spiro atoms. The first-order valence-electron chi connectivity index (χ1n) is 13.6. The number of hydrogen-bond acceptors (Lipinski definition) is 8. The summed E-state index contributed by atoms with van der Waals surface area (Å²) in [6, 6.07) is 25.5. The van der Waals surface area contributed by atoms with Crippen LogP contribution in [-0.2, 0) is 6.42 Å². The maximum absolute atomic E-state index is 5.98. The van der Waals surface area contributed by atoms with Gasteiger partial charge in [-0.05, 0) is 102 Å². The van der Waals surface area contributed by atoms with Crippen molar-refractivity contribution in [1.29, 1.82) is 0 Å². The topological polar surface area (TPSA) is 154 Å². The molecule has 0 unspecified atom stereocenters. The number of allylic oxidation sites excluding steroid dienone is 1. The van der Waals surface area contributed by atoms with Crippen LogP contribution in [0.3, 0.4) is 0 Å². The molecular weight excluding hydrogens is 591 g/mol. The molecule has 226 valence electrons. The third-order valence-electron chi connectivity index (χ3n) is 7.22. The van der Waals surface area contributed by atoms with E-state index in [0.717, 1.165) is 23.1 Å². The van der Waals surface area contributed by atoms with Gasteiger partial charge in [-0.2, -0.15) is 10.2 Å². The largest absolute Gasteiger partial charge is 0.398 e.